The monoisotopic (exact) mass is 289 g/mol. The number of alkyl carbamates (subject to hydrolysis) is 1. The lowest BCUT2D eigenvalue weighted by Gasteiger charge is -2.22. The number of thioether (sulfide) groups is 1. The lowest BCUT2D eigenvalue weighted by molar-refractivity contribution is -0.144. The van der Waals surface area contributed by atoms with E-state index in [2.05, 4.69) is 11.9 Å². The molecule has 0 saturated carbocycles. The zero-order valence-electron chi connectivity index (χ0n) is 12.0. The van der Waals surface area contributed by atoms with Crippen molar-refractivity contribution in [1.29, 1.82) is 0 Å². The van der Waals surface area contributed by atoms with Crippen LogP contribution in [0.2, 0.25) is 0 Å². The Morgan fingerprint density at radius 1 is 1.42 bits per heavy atom. The molecule has 5 nitrogen and oxygen atoms in total. The van der Waals surface area contributed by atoms with E-state index in [-0.39, 0.29) is 6.61 Å². The van der Waals surface area contributed by atoms with Crippen molar-refractivity contribution in [2.24, 2.45) is 0 Å². The second-order valence-electron chi connectivity index (χ2n) is 4.78. The van der Waals surface area contributed by atoms with E-state index in [4.69, 9.17) is 9.47 Å². The van der Waals surface area contributed by atoms with Crippen LogP contribution in [0.15, 0.2) is 12.7 Å². The summed E-state index contributed by atoms with van der Waals surface area (Å²) in [6, 6.07) is -0.709. The third-order valence-corrected chi connectivity index (χ3v) is 2.78. The van der Waals surface area contributed by atoms with Gasteiger partial charge in [-0.1, -0.05) is 19.6 Å². The minimum Gasteiger partial charge on any atom is -0.460 e. The smallest absolute Gasteiger partial charge is 0.408 e. The van der Waals surface area contributed by atoms with Gasteiger partial charge in [-0.05, 0) is 26.5 Å². The molecule has 0 aliphatic carbocycles. The Kier molecular flexibility index (Phi) is 8.30. The first kappa shape index (κ1) is 17.8. The maximum absolute atomic E-state index is 11.8. The fourth-order valence-corrected chi connectivity index (χ4v) is 1.79. The maximum Gasteiger partial charge on any atom is 0.408 e. The predicted octanol–water partition coefficient (Wildman–Crippen LogP) is 2.36. The number of nitrogens with one attached hydrogen (secondary N) is 1. The topological polar surface area (TPSA) is 64.6 Å². The van der Waals surface area contributed by atoms with Gasteiger partial charge in [-0.2, -0.15) is 11.8 Å². The quantitative estimate of drug-likeness (QED) is 0.576. The second-order valence-corrected chi connectivity index (χ2v) is 6.10. The van der Waals surface area contributed by atoms with Gasteiger partial charge in [-0.15, -0.1) is 0 Å². The van der Waals surface area contributed by atoms with Crippen LogP contribution in [0.1, 0.15) is 27.7 Å². The molecule has 0 aliphatic heterocycles. The molecule has 0 unspecified atom stereocenters. The van der Waals surface area contributed by atoms with Crippen molar-refractivity contribution < 1.29 is 19.1 Å². The van der Waals surface area contributed by atoms with Gasteiger partial charge in [-0.3, -0.25) is 0 Å². The van der Waals surface area contributed by atoms with Crippen LogP contribution in [0.5, 0.6) is 0 Å². The molecule has 1 N–H and O–H groups in total. The average Bonchev–Trinajstić information content (AvgIpc) is 2.29. The van der Waals surface area contributed by atoms with Gasteiger partial charge in [0.1, 0.15) is 18.2 Å². The Labute approximate surface area is 119 Å². The fraction of sp³-hybridized carbons (Fsp3) is 0.692. The third-order valence-electron chi connectivity index (χ3n) is 1.81. The van der Waals surface area contributed by atoms with E-state index in [0.717, 1.165) is 5.75 Å². The van der Waals surface area contributed by atoms with E-state index >= 15 is 0 Å². The standard InChI is InChI=1S/C13H23NO4S/c1-6-8-17-11(15)10(9-19-7-2)14-12(16)18-13(3,4)5/h6,10H,1,7-9H2,2-5H3,(H,14,16)/t10-/m0/s1. The van der Waals surface area contributed by atoms with E-state index < -0.39 is 23.7 Å². The number of esters is 1. The molecule has 110 valence electrons. The first-order valence-electron chi connectivity index (χ1n) is 6.15. The van der Waals surface area contributed by atoms with Gasteiger partial charge in [0.25, 0.3) is 0 Å². The summed E-state index contributed by atoms with van der Waals surface area (Å²) in [6.07, 6.45) is 0.861. The van der Waals surface area contributed by atoms with Crippen LogP contribution < -0.4 is 5.32 Å². The predicted molar refractivity (Wildman–Crippen MR) is 77.3 cm³/mol. The number of rotatable bonds is 7. The Morgan fingerprint density at radius 3 is 2.53 bits per heavy atom. The fourth-order valence-electron chi connectivity index (χ4n) is 1.10. The van der Waals surface area contributed by atoms with E-state index in [1.807, 2.05) is 6.92 Å². The highest BCUT2D eigenvalue weighted by Crippen LogP contribution is 2.09. The Bertz CT molecular complexity index is 312. The molecule has 0 heterocycles. The Balaban J connectivity index is 4.44. The second kappa shape index (κ2) is 8.85. The first-order valence-corrected chi connectivity index (χ1v) is 7.30. The highest BCUT2D eigenvalue weighted by atomic mass is 32.2. The van der Waals surface area contributed by atoms with Crippen LogP contribution in [0.3, 0.4) is 0 Å². The van der Waals surface area contributed by atoms with Crippen LogP contribution in [0, 0.1) is 0 Å². The van der Waals surface area contributed by atoms with Gasteiger partial charge in [-0.25, -0.2) is 9.59 Å². The molecular formula is C13H23NO4S. The molecule has 0 fully saturated rings. The molecule has 0 bridgehead atoms. The Hall–Kier alpha value is -1.17. The van der Waals surface area contributed by atoms with Crippen LogP contribution in [-0.2, 0) is 14.3 Å². The van der Waals surface area contributed by atoms with Crippen molar-refractivity contribution in [2.45, 2.75) is 39.3 Å². The van der Waals surface area contributed by atoms with Crippen molar-refractivity contribution in [1.82, 2.24) is 5.32 Å². The minimum atomic E-state index is -0.709. The van der Waals surface area contributed by atoms with Crippen LogP contribution >= 0.6 is 11.8 Å². The zero-order chi connectivity index (χ0) is 14.9. The van der Waals surface area contributed by atoms with Gasteiger partial charge in [0.05, 0.1) is 0 Å². The number of ether oxygens (including phenoxy) is 2. The van der Waals surface area contributed by atoms with E-state index in [0.29, 0.717) is 5.75 Å². The number of amides is 1. The van der Waals surface area contributed by atoms with Gasteiger partial charge in [0.15, 0.2) is 0 Å². The minimum absolute atomic E-state index is 0.127. The third kappa shape index (κ3) is 9.41. The summed E-state index contributed by atoms with van der Waals surface area (Å²) in [5, 5.41) is 2.53. The summed E-state index contributed by atoms with van der Waals surface area (Å²) >= 11 is 1.54. The van der Waals surface area contributed by atoms with E-state index in [1.165, 1.54) is 6.08 Å². The van der Waals surface area contributed by atoms with Gasteiger partial charge in [0.2, 0.25) is 0 Å². The van der Waals surface area contributed by atoms with Gasteiger partial charge >= 0.3 is 12.1 Å². The molecule has 19 heavy (non-hydrogen) atoms. The molecule has 0 radical (unpaired) electrons. The summed E-state index contributed by atoms with van der Waals surface area (Å²) in [4.78, 5) is 23.4. The maximum atomic E-state index is 11.8. The number of hydrogen-bond acceptors (Lipinski definition) is 5. The molecule has 0 saturated heterocycles. The first-order chi connectivity index (χ1) is 8.80. The summed E-state index contributed by atoms with van der Waals surface area (Å²) < 4.78 is 10.1. The molecule has 0 aromatic heterocycles. The highest BCUT2D eigenvalue weighted by molar-refractivity contribution is 7.99. The molecule has 1 amide bonds. The number of carbonyl (C=O) groups is 2. The van der Waals surface area contributed by atoms with Crippen molar-refractivity contribution in [3.05, 3.63) is 12.7 Å². The summed E-state index contributed by atoms with van der Waals surface area (Å²) in [6.45, 7) is 10.9. The molecule has 0 aromatic carbocycles. The van der Waals surface area contributed by atoms with E-state index in [9.17, 15) is 9.59 Å². The van der Waals surface area contributed by atoms with Crippen molar-refractivity contribution in [3.8, 4) is 0 Å². The number of carbonyl (C=O) groups excluding carboxylic acids is 2. The molecule has 0 rings (SSSR count). The van der Waals surface area contributed by atoms with Gasteiger partial charge in [0, 0.05) is 5.75 Å². The van der Waals surface area contributed by atoms with Crippen LogP contribution in [0.25, 0.3) is 0 Å². The number of hydrogen-bond donors (Lipinski definition) is 1. The highest BCUT2D eigenvalue weighted by Gasteiger charge is 2.25. The average molecular weight is 289 g/mol. The SMILES string of the molecule is C=CCOC(=O)[C@H](CSCC)NC(=O)OC(C)(C)C. The summed E-state index contributed by atoms with van der Waals surface area (Å²) in [5.41, 5.74) is -0.600. The summed E-state index contributed by atoms with van der Waals surface area (Å²) in [7, 11) is 0. The summed E-state index contributed by atoms with van der Waals surface area (Å²) in [5.74, 6) is 0.819. The zero-order valence-corrected chi connectivity index (χ0v) is 12.8. The van der Waals surface area contributed by atoms with Crippen LogP contribution in [0.4, 0.5) is 4.79 Å². The lowest BCUT2D eigenvalue weighted by atomic mass is 10.2. The molecule has 0 spiro atoms. The lowest BCUT2D eigenvalue weighted by Crippen LogP contribution is -2.45. The molecule has 6 heteroatoms. The normalized spacial score (nSPS) is 12.4. The van der Waals surface area contributed by atoms with Gasteiger partial charge < -0.3 is 14.8 Å². The molecular weight excluding hydrogens is 266 g/mol. The van der Waals surface area contributed by atoms with Crippen molar-refractivity contribution >= 4 is 23.8 Å². The molecule has 1 atom stereocenters. The van der Waals surface area contributed by atoms with Crippen molar-refractivity contribution in [2.75, 3.05) is 18.1 Å². The Morgan fingerprint density at radius 2 is 2.05 bits per heavy atom. The van der Waals surface area contributed by atoms with Crippen LogP contribution in [-0.4, -0.2) is 41.8 Å². The molecule has 0 aromatic rings. The van der Waals surface area contributed by atoms with Crippen molar-refractivity contribution in [3.63, 3.8) is 0 Å². The molecule has 0 aliphatic rings. The largest absolute Gasteiger partial charge is 0.460 e. The van der Waals surface area contributed by atoms with E-state index in [1.54, 1.807) is 32.5 Å².